The predicted octanol–water partition coefficient (Wildman–Crippen LogP) is 2.00. The second kappa shape index (κ2) is 6.05. The molecule has 4 heterocycles. The van der Waals surface area contributed by atoms with E-state index < -0.39 is 0 Å². The fourth-order valence-electron chi connectivity index (χ4n) is 3.60. The van der Waals surface area contributed by atoms with Crippen molar-refractivity contribution in [1.29, 1.82) is 0 Å². The van der Waals surface area contributed by atoms with Gasteiger partial charge in [-0.05, 0) is 18.8 Å². The molecule has 124 valence electrons. The third-order valence-corrected chi connectivity index (χ3v) is 4.90. The molecule has 23 heavy (non-hydrogen) atoms. The molecule has 3 atom stereocenters. The van der Waals surface area contributed by atoms with Crippen molar-refractivity contribution in [3.05, 3.63) is 12.7 Å². The van der Waals surface area contributed by atoms with E-state index in [1.807, 2.05) is 6.33 Å². The van der Waals surface area contributed by atoms with Crippen molar-refractivity contribution in [2.45, 2.75) is 39.0 Å². The lowest BCUT2D eigenvalue weighted by atomic mass is 10.0. The number of hydrogen-bond donors (Lipinski definition) is 0. The molecule has 7 heteroatoms. The van der Waals surface area contributed by atoms with Crippen LogP contribution in [0.1, 0.15) is 32.9 Å². The number of hydrogen-bond acceptors (Lipinski definition) is 6. The van der Waals surface area contributed by atoms with E-state index in [-0.39, 0.29) is 6.23 Å². The Balaban J connectivity index is 1.68. The van der Waals surface area contributed by atoms with Gasteiger partial charge in [-0.15, -0.1) is 0 Å². The Bertz CT molecular complexity index is 682. The number of fused-ring (bicyclic) bond motifs is 1. The second-order valence-electron chi connectivity index (χ2n) is 6.37. The van der Waals surface area contributed by atoms with Gasteiger partial charge in [0, 0.05) is 13.1 Å². The van der Waals surface area contributed by atoms with E-state index >= 15 is 0 Å². The van der Waals surface area contributed by atoms with Crippen LogP contribution in [0.15, 0.2) is 12.7 Å². The van der Waals surface area contributed by atoms with Crippen LogP contribution >= 0.6 is 0 Å². The van der Waals surface area contributed by atoms with Gasteiger partial charge in [-0.25, -0.2) is 15.0 Å². The van der Waals surface area contributed by atoms with E-state index in [0.29, 0.717) is 12.0 Å². The monoisotopic (exact) mass is 317 g/mol. The zero-order valence-electron chi connectivity index (χ0n) is 13.7. The Labute approximate surface area is 135 Å². The van der Waals surface area contributed by atoms with Gasteiger partial charge in [0.05, 0.1) is 25.6 Å². The van der Waals surface area contributed by atoms with E-state index in [9.17, 15) is 0 Å². The summed E-state index contributed by atoms with van der Waals surface area (Å²) in [6.45, 7) is 7.57. The Morgan fingerprint density at radius 1 is 1.22 bits per heavy atom. The van der Waals surface area contributed by atoms with Gasteiger partial charge in [-0.2, -0.15) is 0 Å². The summed E-state index contributed by atoms with van der Waals surface area (Å²) in [4.78, 5) is 15.7. The molecular formula is C16H23N5O2. The van der Waals surface area contributed by atoms with Crippen LogP contribution in [0.2, 0.25) is 0 Å². The molecule has 2 saturated heterocycles. The number of nitrogens with zero attached hydrogens (tertiary/aromatic N) is 5. The van der Waals surface area contributed by atoms with Crippen LogP contribution in [-0.4, -0.2) is 51.9 Å². The van der Waals surface area contributed by atoms with Crippen LogP contribution in [0.4, 0.5) is 5.82 Å². The smallest absolute Gasteiger partial charge is 0.167 e. The molecule has 7 nitrogen and oxygen atoms in total. The first-order valence-corrected chi connectivity index (χ1v) is 8.43. The quantitative estimate of drug-likeness (QED) is 0.862. The number of aromatic nitrogens is 4. The summed E-state index contributed by atoms with van der Waals surface area (Å²) in [6.07, 6.45) is 5.85. The molecular weight excluding hydrogens is 294 g/mol. The lowest BCUT2D eigenvalue weighted by Crippen LogP contribution is -2.37. The second-order valence-corrected chi connectivity index (χ2v) is 6.37. The van der Waals surface area contributed by atoms with Crippen molar-refractivity contribution in [2.24, 2.45) is 5.92 Å². The normalized spacial score (nSPS) is 28.6. The highest BCUT2D eigenvalue weighted by Gasteiger charge is 2.33. The standard InChI is InChI=1S/C16H23N5O2/c1-3-12-11(2)8-13(23-12)21-10-19-14-15(17-9-18-16(14)21)20-4-6-22-7-5-20/h9-13H,3-8H2,1-2H3/t11?,12-,13-/m1/s1. The first-order chi connectivity index (χ1) is 11.3. The summed E-state index contributed by atoms with van der Waals surface area (Å²) in [7, 11) is 0. The molecule has 2 aliphatic rings. The molecule has 0 aliphatic carbocycles. The summed E-state index contributed by atoms with van der Waals surface area (Å²) >= 11 is 0. The summed E-state index contributed by atoms with van der Waals surface area (Å²) in [5.74, 6) is 1.46. The average Bonchev–Trinajstić information content (AvgIpc) is 3.18. The van der Waals surface area contributed by atoms with E-state index in [2.05, 4.69) is 38.3 Å². The maximum Gasteiger partial charge on any atom is 0.167 e. The van der Waals surface area contributed by atoms with Crippen LogP contribution in [0.5, 0.6) is 0 Å². The van der Waals surface area contributed by atoms with Crippen LogP contribution in [0.25, 0.3) is 11.2 Å². The van der Waals surface area contributed by atoms with Crippen LogP contribution in [0.3, 0.4) is 0 Å². The van der Waals surface area contributed by atoms with Crippen molar-refractivity contribution >= 4 is 17.0 Å². The predicted molar refractivity (Wildman–Crippen MR) is 86.3 cm³/mol. The third kappa shape index (κ3) is 2.57. The number of rotatable bonds is 3. The molecule has 4 rings (SSSR count). The molecule has 2 fully saturated rings. The fraction of sp³-hybridized carbons (Fsp3) is 0.688. The van der Waals surface area contributed by atoms with Gasteiger partial charge in [0.2, 0.25) is 0 Å². The molecule has 1 unspecified atom stereocenters. The number of morpholine rings is 1. The average molecular weight is 317 g/mol. The van der Waals surface area contributed by atoms with Crippen molar-refractivity contribution in [3.8, 4) is 0 Å². The number of imidazole rings is 1. The highest BCUT2D eigenvalue weighted by molar-refractivity contribution is 5.83. The SMILES string of the molecule is CC[C@H]1O[C@@H](n2cnc3c(N4CCOCC4)ncnc32)CC1C. The van der Waals surface area contributed by atoms with E-state index in [1.165, 1.54) is 0 Å². The summed E-state index contributed by atoms with van der Waals surface area (Å²) in [5.41, 5.74) is 1.71. The minimum Gasteiger partial charge on any atom is -0.378 e. The zero-order valence-corrected chi connectivity index (χ0v) is 13.7. The van der Waals surface area contributed by atoms with Crippen molar-refractivity contribution in [1.82, 2.24) is 19.5 Å². The molecule has 2 aromatic heterocycles. The Morgan fingerprint density at radius 2 is 2.04 bits per heavy atom. The highest BCUT2D eigenvalue weighted by Crippen LogP contribution is 2.36. The summed E-state index contributed by atoms with van der Waals surface area (Å²) in [5, 5.41) is 0. The van der Waals surface area contributed by atoms with E-state index in [0.717, 1.165) is 56.1 Å². The molecule has 0 N–H and O–H groups in total. The van der Waals surface area contributed by atoms with Crippen LogP contribution in [0, 0.1) is 5.92 Å². The number of ether oxygens (including phenoxy) is 2. The minimum absolute atomic E-state index is 0.0207. The highest BCUT2D eigenvalue weighted by atomic mass is 16.5. The van der Waals surface area contributed by atoms with Gasteiger partial charge >= 0.3 is 0 Å². The van der Waals surface area contributed by atoms with Gasteiger partial charge in [0.25, 0.3) is 0 Å². The maximum absolute atomic E-state index is 6.19. The molecule has 0 spiro atoms. The maximum atomic E-state index is 6.19. The van der Waals surface area contributed by atoms with Gasteiger partial charge in [-0.3, -0.25) is 4.57 Å². The summed E-state index contributed by atoms with van der Waals surface area (Å²) in [6, 6.07) is 0. The van der Waals surface area contributed by atoms with Crippen LogP contribution in [-0.2, 0) is 9.47 Å². The third-order valence-electron chi connectivity index (χ3n) is 4.90. The van der Waals surface area contributed by atoms with Crippen molar-refractivity contribution < 1.29 is 9.47 Å². The molecule has 0 amide bonds. The van der Waals surface area contributed by atoms with Crippen molar-refractivity contribution in [2.75, 3.05) is 31.2 Å². The van der Waals surface area contributed by atoms with Gasteiger partial charge in [0.15, 0.2) is 17.0 Å². The lowest BCUT2D eigenvalue weighted by Gasteiger charge is -2.27. The molecule has 2 aromatic rings. The zero-order chi connectivity index (χ0) is 15.8. The molecule has 2 aliphatic heterocycles. The van der Waals surface area contributed by atoms with Crippen molar-refractivity contribution in [3.63, 3.8) is 0 Å². The first kappa shape index (κ1) is 14.8. The van der Waals surface area contributed by atoms with Gasteiger partial charge in [-0.1, -0.05) is 13.8 Å². The minimum atomic E-state index is 0.0207. The van der Waals surface area contributed by atoms with Gasteiger partial charge < -0.3 is 14.4 Å². The Kier molecular flexibility index (Phi) is 3.90. The molecule has 0 bridgehead atoms. The van der Waals surface area contributed by atoms with Crippen LogP contribution < -0.4 is 4.90 Å². The van der Waals surface area contributed by atoms with Gasteiger partial charge in [0.1, 0.15) is 12.6 Å². The largest absolute Gasteiger partial charge is 0.378 e. The summed E-state index contributed by atoms with van der Waals surface area (Å²) < 4.78 is 13.7. The first-order valence-electron chi connectivity index (χ1n) is 8.43. The molecule has 0 radical (unpaired) electrons. The van der Waals surface area contributed by atoms with E-state index in [4.69, 9.17) is 9.47 Å². The Hall–Kier alpha value is -1.73. The van der Waals surface area contributed by atoms with E-state index in [1.54, 1.807) is 6.33 Å². The Morgan fingerprint density at radius 3 is 2.78 bits per heavy atom. The number of anilines is 1. The topological polar surface area (TPSA) is 65.3 Å². The lowest BCUT2D eigenvalue weighted by molar-refractivity contribution is -0.00304. The fourth-order valence-corrected chi connectivity index (χ4v) is 3.60. The molecule has 0 saturated carbocycles. The molecule has 0 aromatic carbocycles.